The molecule has 0 aromatic carbocycles. The van der Waals surface area contributed by atoms with Gasteiger partial charge in [0.15, 0.2) is 0 Å². The Morgan fingerprint density at radius 1 is 1.62 bits per heavy atom. The van der Waals surface area contributed by atoms with Gasteiger partial charge in [-0.15, -0.1) is 11.8 Å². The lowest BCUT2D eigenvalue weighted by molar-refractivity contribution is 0.749. The van der Waals surface area contributed by atoms with Crippen LogP contribution in [0.15, 0.2) is 11.2 Å². The summed E-state index contributed by atoms with van der Waals surface area (Å²) in [4.78, 5) is 7.83. The van der Waals surface area contributed by atoms with Crippen molar-refractivity contribution in [1.29, 1.82) is 0 Å². The third-order valence-corrected chi connectivity index (χ3v) is 3.09. The molecular formula is C8H12ClN3S. The van der Waals surface area contributed by atoms with Gasteiger partial charge in [-0.25, -0.2) is 9.97 Å². The molecule has 0 spiro atoms. The predicted molar refractivity (Wildman–Crippen MR) is 57.0 cm³/mol. The van der Waals surface area contributed by atoms with E-state index in [9.17, 15) is 0 Å². The van der Waals surface area contributed by atoms with Crippen molar-refractivity contribution in [2.24, 2.45) is 5.92 Å². The van der Waals surface area contributed by atoms with Gasteiger partial charge in [0, 0.05) is 5.75 Å². The highest BCUT2D eigenvalue weighted by atomic mass is 35.5. The van der Waals surface area contributed by atoms with Crippen LogP contribution in [-0.2, 0) is 0 Å². The first-order valence-corrected chi connectivity index (χ1v) is 5.36. The topological polar surface area (TPSA) is 51.8 Å². The molecule has 72 valence electrons. The van der Waals surface area contributed by atoms with E-state index < -0.39 is 0 Å². The van der Waals surface area contributed by atoms with Gasteiger partial charge >= 0.3 is 0 Å². The number of rotatable bonds is 3. The summed E-state index contributed by atoms with van der Waals surface area (Å²) in [5, 5.41) is 1.34. The number of aromatic nitrogens is 2. The minimum absolute atomic E-state index is 0.274. The Balaban J connectivity index is 2.70. The zero-order valence-electron chi connectivity index (χ0n) is 7.62. The molecule has 5 heteroatoms. The second-order valence-electron chi connectivity index (χ2n) is 3.09. The summed E-state index contributed by atoms with van der Waals surface area (Å²) in [7, 11) is 0. The van der Waals surface area contributed by atoms with Gasteiger partial charge < -0.3 is 5.73 Å². The van der Waals surface area contributed by atoms with Crippen LogP contribution in [0.1, 0.15) is 13.8 Å². The molecule has 0 amide bonds. The van der Waals surface area contributed by atoms with Crippen LogP contribution in [0.3, 0.4) is 0 Å². The second kappa shape index (κ2) is 4.67. The fourth-order valence-electron chi connectivity index (χ4n) is 0.711. The van der Waals surface area contributed by atoms with E-state index in [4.69, 9.17) is 17.3 Å². The highest BCUT2D eigenvalue weighted by molar-refractivity contribution is 7.99. The number of halogens is 1. The van der Waals surface area contributed by atoms with Gasteiger partial charge in [0.25, 0.3) is 0 Å². The van der Waals surface area contributed by atoms with Crippen LogP contribution in [0.5, 0.6) is 0 Å². The second-order valence-corrected chi connectivity index (χ2v) is 4.50. The van der Waals surface area contributed by atoms with Crippen molar-refractivity contribution in [3.63, 3.8) is 0 Å². The predicted octanol–water partition coefficient (Wildman–Crippen LogP) is 2.46. The van der Waals surface area contributed by atoms with Crippen molar-refractivity contribution >= 4 is 29.3 Å². The molecule has 0 fully saturated rings. The number of anilines is 1. The number of hydrogen-bond acceptors (Lipinski definition) is 4. The minimum atomic E-state index is 0.274. The Hall–Kier alpha value is -0.480. The molecule has 0 unspecified atom stereocenters. The minimum Gasteiger partial charge on any atom is -0.368 e. The molecule has 0 bridgehead atoms. The molecule has 0 saturated carbocycles. The molecule has 1 rings (SSSR count). The quantitative estimate of drug-likeness (QED) is 0.624. The van der Waals surface area contributed by atoms with Crippen molar-refractivity contribution in [3.05, 3.63) is 11.2 Å². The Morgan fingerprint density at radius 3 is 2.92 bits per heavy atom. The van der Waals surface area contributed by atoms with Crippen LogP contribution in [0.2, 0.25) is 5.02 Å². The maximum Gasteiger partial charge on any atom is 0.221 e. The van der Waals surface area contributed by atoms with Crippen LogP contribution < -0.4 is 5.73 Å². The number of nitrogens with zero attached hydrogens (tertiary/aromatic N) is 2. The summed E-state index contributed by atoms with van der Waals surface area (Å²) < 4.78 is 0. The lowest BCUT2D eigenvalue weighted by Crippen LogP contribution is -1.97. The van der Waals surface area contributed by atoms with Crippen molar-refractivity contribution in [2.45, 2.75) is 18.9 Å². The van der Waals surface area contributed by atoms with Crippen molar-refractivity contribution < 1.29 is 0 Å². The molecule has 1 aromatic heterocycles. The monoisotopic (exact) mass is 217 g/mol. The molecule has 0 radical (unpaired) electrons. The lowest BCUT2D eigenvalue weighted by Gasteiger charge is -2.05. The van der Waals surface area contributed by atoms with E-state index in [-0.39, 0.29) is 5.95 Å². The van der Waals surface area contributed by atoms with Crippen LogP contribution in [0.4, 0.5) is 5.95 Å². The van der Waals surface area contributed by atoms with E-state index in [1.807, 2.05) is 0 Å². The van der Waals surface area contributed by atoms with Crippen molar-refractivity contribution in [1.82, 2.24) is 9.97 Å². The third-order valence-electron chi connectivity index (χ3n) is 1.28. The molecule has 0 atom stereocenters. The smallest absolute Gasteiger partial charge is 0.221 e. The third kappa shape index (κ3) is 3.40. The van der Waals surface area contributed by atoms with Gasteiger partial charge in [-0.2, -0.15) is 0 Å². The van der Waals surface area contributed by atoms with E-state index in [2.05, 4.69) is 23.8 Å². The van der Waals surface area contributed by atoms with Gasteiger partial charge in [0.05, 0.1) is 11.2 Å². The van der Waals surface area contributed by atoms with E-state index in [1.54, 1.807) is 11.8 Å². The maximum absolute atomic E-state index is 5.88. The highest BCUT2D eigenvalue weighted by Crippen LogP contribution is 2.26. The lowest BCUT2D eigenvalue weighted by atomic mass is 10.3. The average Bonchev–Trinajstić information content (AvgIpc) is 2.06. The molecule has 3 nitrogen and oxygen atoms in total. The zero-order chi connectivity index (χ0) is 9.84. The molecule has 0 aliphatic rings. The van der Waals surface area contributed by atoms with E-state index in [0.717, 1.165) is 10.8 Å². The average molecular weight is 218 g/mol. The number of hydrogen-bond donors (Lipinski definition) is 1. The van der Waals surface area contributed by atoms with Gasteiger partial charge in [0.1, 0.15) is 5.03 Å². The van der Waals surface area contributed by atoms with Crippen LogP contribution >= 0.6 is 23.4 Å². The summed E-state index contributed by atoms with van der Waals surface area (Å²) in [6.07, 6.45) is 1.53. The summed E-state index contributed by atoms with van der Waals surface area (Å²) in [6, 6.07) is 0. The van der Waals surface area contributed by atoms with Crippen LogP contribution in [0.25, 0.3) is 0 Å². The van der Waals surface area contributed by atoms with Crippen LogP contribution in [0, 0.1) is 5.92 Å². The van der Waals surface area contributed by atoms with E-state index >= 15 is 0 Å². The molecular weight excluding hydrogens is 206 g/mol. The number of nitrogen functional groups attached to an aromatic ring is 1. The Labute approximate surface area is 87.1 Å². The van der Waals surface area contributed by atoms with Gasteiger partial charge in [-0.3, -0.25) is 0 Å². The summed E-state index contributed by atoms with van der Waals surface area (Å²) in [6.45, 7) is 4.29. The van der Waals surface area contributed by atoms with Gasteiger partial charge in [-0.05, 0) is 5.92 Å². The first-order chi connectivity index (χ1) is 6.09. The number of thioether (sulfide) groups is 1. The largest absolute Gasteiger partial charge is 0.368 e. The fraction of sp³-hybridized carbons (Fsp3) is 0.500. The first kappa shape index (κ1) is 10.6. The normalized spacial score (nSPS) is 10.8. The molecule has 1 aromatic rings. The first-order valence-electron chi connectivity index (χ1n) is 4.00. The zero-order valence-corrected chi connectivity index (χ0v) is 9.19. The van der Waals surface area contributed by atoms with Crippen molar-refractivity contribution in [2.75, 3.05) is 11.5 Å². The van der Waals surface area contributed by atoms with Crippen LogP contribution in [-0.4, -0.2) is 15.7 Å². The molecule has 1 heterocycles. The summed E-state index contributed by atoms with van der Waals surface area (Å²) in [5.74, 6) is 1.86. The molecule has 0 saturated heterocycles. The highest BCUT2D eigenvalue weighted by Gasteiger charge is 2.05. The standard InChI is InChI=1S/C8H12ClN3S/c1-5(2)4-13-7-6(9)3-11-8(10)12-7/h3,5H,4H2,1-2H3,(H2,10,11,12). The van der Waals surface area contributed by atoms with Crippen molar-refractivity contribution in [3.8, 4) is 0 Å². The molecule has 0 aliphatic heterocycles. The summed E-state index contributed by atoms with van der Waals surface area (Å²) in [5.41, 5.74) is 5.44. The van der Waals surface area contributed by atoms with Gasteiger partial charge in [-0.1, -0.05) is 25.4 Å². The van der Waals surface area contributed by atoms with Gasteiger partial charge in [0.2, 0.25) is 5.95 Å². The maximum atomic E-state index is 5.88. The Bertz CT molecular complexity index is 291. The van der Waals surface area contributed by atoms with E-state index in [0.29, 0.717) is 10.9 Å². The number of nitrogens with two attached hydrogens (primary N) is 1. The Morgan fingerprint density at radius 2 is 2.31 bits per heavy atom. The molecule has 13 heavy (non-hydrogen) atoms. The molecule has 2 N–H and O–H groups in total. The summed E-state index contributed by atoms with van der Waals surface area (Å²) >= 11 is 7.48. The Kier molecular flexibility index (Phi) is 3.81. The fourth-order valence-corrected chi connectivity index (χ4v) is 1.81. The van der Waals surface area contributed by atoms with E-state index in [1.165, 1.54) is 6.20 Å². The molecule has 0 aliphatic carbocycles. The SMILES string of the molecule is CC(C)CSc1nc(N)ncc1Cl.